The quantitative estimate of drug-likeness (QED) is 0.705. The zero-order valence-corrected chi connectivity index (χ0v) is 7.50. The summed E-state index contributed by atoms with van der Waals surface area (Å²) in [6, 6.07) is 5.04. The molecule has 5 heteroatoms. The lowest BCUT2D eigenvalue weighted by Crippen LogP contribution is -2.32. The molecule has 1 aromatic carbocycles. The van der Waals surface area contributed by atoms with Gasteiger partial charge in [-0.3, -0.25) is 0 Å². The molecule has 2 amide bonds. The van der Waals surface area contributed by atoms with E-state index in [4.69, 9.17) is 10.5 Å². The lowest BCUT2D eigenvalue weighted by atomic mass is 10.3. The van der Waals surface area contributed by atoms with E-state index in [1.54, 1.807) is 0 Å². The fraction of sp³-hybridized carbons (Fsp3) is 0.222. The number of benzene rings is 1. The Hall–Kier alpha value is -1.78. The molecule has 0 bridgehead atoms. The fourth-order valence-corrected chi connectivity index (χ4v) is 0.874. The minimum Gasteiger partial charge on any atom is -0.492 e. The van der Waals surface area contributed by atoms with Crippen molar-refractivity contribution in [2.24, 2.45) is 5.73 Å². The second-order valence-corrected chi connectivity index (χ2v) is 2.59. The first-order chi connectivity index (χ1) is 6.68. The van der Waals surface area contributed by atoms with Crippen LogP contribution in [0.2, 0.25) is 0 Å². The summed E-state index contributed by atoms with van der Waals surface area (Å²) in [6.45, 7) is 0.626. The first kappa shape index (κ1) is 10.3. The summed E-state index contributed by atoms with van der Waals surface area (Å²) >= 11 is 0. The molecule has 0 aliphatic carbocycles. The summed E-state index contributed by atoms with van der Waals surface area (Å²) in [6.07, 6.45) is 0. The van der Waals surface area contributed by atoms with E-state index in [0.717, 1.165) is 0 Å². The molecule has 0 unspecified atom stereocenters. The smallest absolute Gasteiger partial charge is 0.312 e. The SMILES string of the molecule is NC(=O)NCCOc1ccc(F)cc1. The zero-order chi connectivity index (χ0) is 10.4. The van der Waals surface area contributed by atoms with Crippen LogP contribution in [-0.2, 0) is 0 Å². The van der Waals surface area contributed by atoms with Crippen LogP contribution < -0.4 is 15.8 Å². The Bertz CT molecular complexity index is 300. The number of nitrogens with two attached hydrogens (primary N) is 1. The van der Waals surface area contributed by atoms with Gasteiger partial charge in [0.2, 0.25) is 0 Å². The summed E-state index contributed by atoms with van der Waals surface area (Å²) in [5.74, 6) is 0.241. The highest BCUT2D eigenvalue weighted by Gasteiger charge is 1.95. The van der Waals surface area contributed by atoms with E-state index >= 15 is 0 Å². The van der Waals surface area contributed by atoms with Crippen molar-refractivity contribution < 1.29 is 13.9 Å². The van der Waals surface area contributed by atoms with Crippen LogP contribution in [0.4, 0.5) is 9.18 Å². The second-order valence-electron chi connectivity index (χ2n) is 2.59. The second kappa shape index (κ2) is 5.06. The third kappa shape index (κ3) is 3.75. The maximum absolute atomic E-state index is 12.5. The minimum atomic E-state index is -0.590. The molecule has 0 aliphatic heterocycles. The number of ether oxygens (including phenoxy) is 1. The lowest BCUT2D eigenvalue weighted by molar-refractivity contribution is 0.244. The highest BCUT2D eigenvalue weighted by Crippen LogP contribution is 2.10. The Balaban J connectivity index is 2.25. The van der Waals surface area contributed by atoms with E-state index in [2.05, 4.69) is 5.32 Å². The van der Waals surface area contributed by atoms with Crippen molar-refractivity contribution in [2.45, 2.75) is 0 Å². The van der Waals surface area contributed by atoms with Crippen LogP contribution in [0.1, 0.15) is 0 Å². The Morgan fingerprint density at radius 2 is 2.07 bits per heavy atom. The molecule has 1 aromatic rings. The molecule has 0 aromatic heterocycles. The van der Waals surface area contributed by atoms with Crippen LogP contribution >= 0.6 is 0 Å². The third-order valence-corrected chi connectivity index (χ3v) is 1.48. The fourth-order valence-electron chi connectivity index (χ4n) is 0.874. The van der Waals surface area contributed by atoms with Gasteiger partial charge in [-0.2, -0.15) is 0 Å². The molecular formula is C9H11FN2O2. The monoisotopic (exact) mass is 198 g/mol. The van der Waals surface area contributed by atoms with E-state index in [0.29, 0.717) is 18.9 Å². The van der Waals surface area contributed by atoms with Gasteiger partial charge < -0.3 is 15.8 Å². The Labute approximate surface area is 80.9 Å². The molecule has 0 saturated carbocycles. The summed E-state index contributed by atoms with van der Waals surface area (Å²) in [5.41, 5.74) is 4.84. The number of hydrogen-bond acceptors (Lipinski definition) is 2. The predicted molar refractivity (Wildman–Crippen MR) is 49.5 cm³/mol. The van der Waals surface area contributed by atoms with Gasteiger partial charge in [0.1, 0.15) is 18.2 Å². The first-order valence-corrected chi connectivity index (χ1v) is 4.10. The standard InChI is InChI=1S/C9H11FN2O2/c10-7-1-3-8(4-2-7)14-6-5-12-9(11)13/h1-4H,5-6H2,(H3,11,12,13). The van der Waals surface area contributed by atoms with Crippen molar-refractivity contribution in [3.8, 4) is 5.75 Å². The number of amides is 2. The predicted octanol–water partition coefficient (Wildman–Crippen LogP) is 0.873. The Kier molecular flexibility index (Phi) is 3.72. The number of hydrogen-bond donors (Lipinski definition) is 2. The van der Waals surface area contributed by atoms with Gasteiger partial charge in [-0.05, 0) is 24.3 Å². The Morgan fingerprint density at radius 1 is 1.43 bits per heavy atom. The largest absolute Gasteiger partial charge is 0.492 e. The van der Waals surface area contributed by atoms with Crippen molar-refractivity contribution in [1.29, 1.82) is 0 Å². The molecule has 4 nitrogen and oxygen atoms in total. The van der Waals surface area contributed by atoms with Gasteiger partial charge >= 0.3 is 6.03 Å². The van der Waals surface area contributed by atoms with Crippen molar-refractivity contribution in [2.75, 3.05) is 13.2 Å². The molecule has 0 radical (unpaired) electrons. The number of halogens is 1. The van der Waals surface area contributed by atoms with Crippen LogP contribution in [-0.4, -0.2) is 19.2 Å². The number of carbonyl (C=O) groups is 1. The molecule has 0 spiro atoms. The molecule has 0 fully saturated rings. The van der Waals surface area contributed by atoms with Crippen LogP contribution in [0.3, 0.4) is 0 Å². The van der Waals surface area contributed by atoms with E-state index in [1.807, 2.05) is 0 Å². The lowest BCUT2D eigenvalue weighted by Gasteiger charge is -2.05. The van der Waals surface area contributed by atoms with Gasteiger partial charge in [0.05, 0.1) is 6.54 Å². The van der Waals surface area contributed by atoms with Crippen LogP contribution in [0.5, 0.6) is 5.75 Å². The number of rotatable bonds is 4. The van der Waals surface area contributed by atoms with Crippen molar-refractivity contribution in [3.63, 3.8) is 0 Å². The molecule has 14 heavy (non-hydrogen) atoms. The van der Waals surface area contributed by atoms with Crippen LogP contribution in [0.15, 0.2) is 24.3 Å². The molecule has 0 atom stereocenters. The summed E-state index contributed by atoms with van der Waals surface area (Å²) in [7, 11) is 0. The molecule has 0 aliphatic rings. The van der Waals surface area contributed by atoms with Crippen molar-refractivity contribution in [1.82, 2.24) is 5.32 Å². The van der Waals surface area contributed by atoms with E-state index in [-0.39, 0.29) is 5.82 Å². The van der Waals surface area contributed by atoms with Gasteiger partial charge in [-0.1, -0.05) is 0 Å². The number of primary amides is 1. The summed E-state index contributed by atoms with van der Waals surface area (Å²) in [5, 5.41) is 2.37. The maximum atomic E-state index is 12.5. The molecule has 76 valence electrons. The van der Waals surface area contributed by atoms with E-state index in [1.165, 1.54) is 24.3 Å². The topological polar surface area (TPSA) is 64.4 Å². The first-order valence-electron chi connectivity index (χ1n) is 4.10. The maximum Gasteiger partial charge on any atom is 0.312 e. The van der Waals surface area contributed by atoms with Gasteiger partial charge in [0, 0.05) is 0 Å². The average Bonchev–Trinajstić information content (AvgIpc) is 2.15. The molecule has 0 heterocycles. The van der Waals surface area contributed by atoms with Gasteiger partial charge in [-0.25, -0.2) is 9.18 Å². The van der Waals surface area contributed by atoms with Gasteiger partial charge in [-0.15, -0.1) is 0 Å². The van der Waals surface area contributed by atoms with Crippen molar-refractivity contribution in [3.05, 3.63) is 30.1 Å². The van der Waals surface area contributed by atoms with Crippen molar-refractivity contribution >= 4 is 6.03 Å². The Morgan fingerprint density at radius 3 is 2.64 bits per heavy atom. The number of carbonyl (C=O) groups excluding carboxylic acids is 1. The molecule has 1 rings (SSSR count). The number of nitrogens with one attached hydrogen (secondary N) is 1. The highest BCUT2D eigenvalue weighted by molar-refractivity contribution is 5.71. The van der Waals surface area contributed by atoms with Crippen LogP contribution in [0.25, 0.3) is 0 Å². The molecule has 0 saturated heterocycles. The van der Waals surface area contributed by atoms with Gasteiger partial charge in [0.25, 0.3) is 0 Å². The molecule has 3 N–H and O–H groups in total. The van der Waals surface area contributed by atoms with Crippen LogP contribution in [0, 0.1) is 5.82 Å². The highest BCUT2D eigenvalue weighted by atomic mass is 19.1. The third-order valence-electron chi connectivity index (χ3n) is 1.48. The summed E-state index contributed by atoms with van der Waals surface area (Å²) in [4.78, 5) is 10.3. The van der Waals surface area contributed by atoms with E-state index in [9.17, 15) is 9.18 Å². The molecular weight excluding hydrogens is 187 g/mol. The minimum absolute atomic E-state index is 0.300. The normalized spacial score (nSPS) is 9.50. The van der Waals surface area contributed by atoms with E-state index < -0.39 is 6.03 Å². The van der Waals surface area contributed by atoms with Gasteiger partial charge in [0.15, 0.2) is 0 Å². The number of urea groups is 1. The zero-order valence-electron chi connectivity index (χ0n) is 7.50. The summed E-state index contributed by atoms with van der Waals surface area (Å²) < 4.78 is 17.6. The average molecular weight is 198 g/mol.